The van der Waals surface area contributed by atoms with Crippen LogP contribution in [0.4, 0.5) is 11.4 Å². The number of nitrogens with one attached hydrogen (secondary N) is 2. The summed E-state index contributed by atoms with van der Waals surface area (Å²) in [5, 5.41) is 7.34. The number of halogens is 1. The molecule has 1 amide bonds. The predicted molar refractivity (Wildman–Crippen MR) is 122 cm³/mol. The van der Waals surface area contributed by atoms with Crippen LogP contribution in [-0.4, -0.2) is 38.8 Å². The molecule has 30 heavy (non-hydrogen) atoms. The molecule has 2 aliphatic rings. The van der Waals surface area contributed by atoms with E-state index >= 15 is 0 Å². The van der Waals surface area contributed by atoms with Crippen molar-refractivity contribution in [3.63, 3.8) is 0 Å². The molecule has 0 spiro atoms. The lowest BCUT2D eigenvalue weighted by molar-refractivity contribution is -0.115. The number of benzene rings is 2. The van der Waals surface area contributed by atoms with E-state index in [0.29, 0.717) is 0 Å². The molecule has 2 fully saturated rings. The van der Waals surface area contributed by atoms with Gasteiger partial charge in [-0.15, -0.1) is 0 Å². The number of ether oxygens (including phenoxy) is 1. The van der Waals surface area contributed by atoms with Gasteiger partial charge in [-0.1, -0.05) is 43.0 Å². The van der Waals surface area contributed by atoms with E-state index in [-0.39, 0.29) is 18.0 Å². The number of carbonyl (C=O) groups is 1. The van der Waals surface area contributed by atoms with Crippen molar-refractivity contribution in [1.29, 1.82) is 0 Å². The molecule has 4 rings (SSSR count). The van der Waals surface area contributed by atoms with E-state index in [1.807, 2.05) is 24.3 Å². The molecule has 0 atom stereocenters. The van der Waals surface area contributed by atoms with E-state index in [2.05, 4.69) is 39.8 Å². The lowest BCUT2D eigenvalue weighted by Gasteiger charge is -2.39. The first-order chi connectivity index (χ1) is 14.6. The third-order valence-electron chi connectivity index (χ3n) is 6.22. The standard InChI is InChI=1S/C24H30ClN3O2/c25-20-6-4-19(5-7-20)24(12-2-1-3-13-24)26-18-23(29)27-21-8-10-22(11-9-21)28-14-16-30-17-15-28/h4-11,26H,1-3,12-18H2,(H,27,29). The van der Waals surface area contributed by atoms with E-state index in [0.717, 1.165) is 49.9 Å². The molecular formula is C24H30ClN3O2. The summed E-state index contributed by atoms with van der Waals surface area (Å²) < 4.78 is 5.41. The highest BCUT2D eigenvalue weighted by molar-refractivity contribution is 6.30. The van der Waals surface area contributed by atoms with E-state index in [1.165, 1.54) is 30.5 Å². The average Bonchev–Trinajstić information content (AvgIpc) is 2.80. The van der Waals surface area contributed by atoms with Crippen LogP contribution >= 0.6 is 11.6 Å². The molecular weight excluding hydrogens is 398 g/mol. The van der Waals surface area contributed by atoms with Crippen molar-refractivity contribution in [2.24, 2.45) is 0 Å². The predicted octanol–water partition coefficient (Wildman–Crippen LogP) is 4.56. The lowest BCUT2D eigenvalue weighted by atomic mass is 9.76. The quantitative estimate of drug-likeness (QED) is 0.709. The summed E-state index contributed by atoms with van der Waals surface area (Å²) in [6.07, 6.45) is 5.66. The number of nitrogens with zero attached hydrogens (tertiary/aromatic N) is 1. The minimum Gasteiger partial charge on any atom is -0.378 e. The number of hydrogen-bond acceptors (Lipinski definition) is 4. The Morgan fingerprint density at radius 1 is 0.967 bits per heavy atom. The van der Waals surface area contributed by atoms with Gasteiger partial charge in [0.15, 0.2) is 0 Å². The normalized spacial score (nSPS) is 18.8. The summed E-state index contributed by atoms with van der Waals surface area (Å²) >= 11 is 6.08. The van der Waals surface area contributed by atoms with E-state index in [1.54, 1.807) is 0 Å². The second kappa shape index (κ2) is 9.82. The Hall–Kier alpha value is -2.08. The van der Waals surface area contributed by atoms with Crippen LogP contribution in [-0.2, 0) is 15.1 Å². The van der Waals surface area contributed by atoms with Crippen molar-refractivity contribution in [3.8, 4) is 0 Å². The summed E-state index contributed by atoms with van der Waals surface area (Å²) in [7, 11) is 0. The molecule has 160 valence electrons. The van der Waals surface area contributed by atoms with Gasteiger partial charge in [-0.25, -0.2) is 0 Å². The monoisotopic (exact) mass is 427 g/mol. The molecule has 2 aromatic carbocycles. The Kier molecular flexibility index (Phi) is 6.93. The Bertz CT molecular complexity index is 827. The zero-order chi connectivity index (χ0) is 20.8. The van der Waals surface area contributed by atoms with Gasteiger partial charge in [0.2, 0.25) is 5.91 Å². The van der Waals surface area contributed by atoms with Gasteiger partial charge in [0.1, 0.15) is 0 Å². The van der Waals surface area contributed by atoms with Gasteiger partial charge in [-0.2, -0.15) is 0 Å². The van der Waals surface area contributed by atoms with Crippen LogP contribution in [0, 0.1) is 0 Å². The van der Waals surface area contributed by atoms with E-state index in [9.17, 15) is 4.79 Å². The molecule has 1 aliphatic carbocycles. The van der Waals surface area contributed by atoms with Crippen LogP contribution in [0.15, 0.2) is 48.5 Å². The molecule has 2 N–H and O–H groups in total. The van der Waals surface area contributed by atoms with Gasteiger partial charge in [0, 0.05) is 35.0 Å². The largest absolute Gasteiger partial charge is 0.378 e. The lowest BCUT2D eigenvalue weighted by Crippen LogP contribution is -2.47. The van der Waals surface area contributed by atoms with Gasteiger partial charge in [0.25, 0.3) is 0 Å². The van der Waals surface area contributed by atoms with E-state index < -0.39 is 0 Å². The Balaban J connectivity index is 1.36. The SMILES string of the molecule is O=C(CNC1(c2ccc(Cl)cc2)CCCCC1)Nc1ccc(N2CCOCC2)cc1. The van der Waals surface area contributed by atoms with Crippen molar-refractivity contribution >= 4 is 28.9 Å². The highest BCUT2D eigenvalue weighted by Crippen LogP contribution is 2.37. The first-order valence-corrected chi connectivity index (χ1v) is 11.3. The number of amides is 1. The molecule has 0 unspecified atom stereocenters. The average molecular weight is 428 g/mol. The van der Waals surface area contributed by atoms with Crippen molar-refractivity contribution in [2.75, 3.05) is 43.1 Å². The summed E-state index contributed by atoms with van der Waals surface area (Å²) in [4.78, 5) is 14.9. The minimum absolute atomic E-state index is 0.0203. The molecule has 2 aromatic rings. The summed E-state index contributed by atoms with van der Waals surface area (Å²) in [5.41, 5.74) is 3.05. The molecule has 0 radical (unpaired) electrons. The number of carbonyl (C=O) groups excluding carboxylic acids is 1. The van der Waals surface area contributed by atoms with E-state index in [4.69, 9.17) is 16.3 Å². The first kappa shape index (κ1) is 21.2. The Morgan fingerprint density at radius 2 is 1.63 bits per heavy atom. The van der Waals surface area contributed by atoms with Crippen LogP contribution in [0.2, 0.25) is 5.02 Å². The van der Waals surface area contributed by atoms with Crippen molar-refractivity contribution in [3.05, 3.63) is 59.1 Å². The van der Waals surface area contributed by atoms with Crippen LogP contribution in [0.25, 0.3) is 0 Å². The summed E-state index contributed by atoms with van der Waals surface area (Å²) in [6.45, 7) is 3.62. The van der Waals surface area contributed by atoms with Gasteiger partial charge in [-0.3, -0.25) is 10.1 Å². The van der Waals surface area contributed by atoms with Crippen molar-refractivity contribution < 1.29 is 9.53 Å². The van der Waals surface area contributed by atoms with Crippen LogP contribution in [0.3, 0.4) is 0 Å². The molecule has 0 aromatic heterocycles. The van der Waals surface area contributed by atoms with Gasteiger partial charge in [0.05, 0.1) is 19.8 Å². The maximum absolute atomic E-state index is 12.6. The fraction of sp³-hybridized carbons (Fsp3) is 0.458. The third kappa shape index (κ3) is 5.15. The summed E-state index contributed by atoms with van der Waals surface area (Å²) in [5.74, 6) is -0.0203. The van der Waals surface area contributed by atoms with Crippen LogP contribution in [0.5, 0.6) is 0 Å². The fourth-order valence-corrected chi connectivity index (χ4v) is 4.65. The maximum Gasteiger partial charge on any atom is 0.238 e. The molecule has 6 heteroatoms. The zero-order valence-corrected chi connectivity index (χ0v) is 18.1. The second-order valence-corrected chi connectivity index (χ2v) is 8.63. The fourth-order valence-electron chi connectivity index (χ4n) is 4.52. The van der Waals surface area contributed by atoms with Crippen molar-refractivity contribution in [1.82, 2.24) is 5.32 Å². The molecule has 0 bridgehead atoms. The number of anilines is 2. The van der Waals surface area contributed by atoms with Gasteiger partial charge >= 0.3 is 0 Å². The third-order valence-corrected chi connectivity index (χ3v) is 6.47. The molecule has 5 nitrogen and oxygen atoms in total. The van der Waals surface area contributed by atoms with Gasteiger partial charge in [-0.05, 0) is 54.8 Å². The Morgan fingerprint density at radius 3 is 2.30 bits per heavy atom. The highest BCUT2D eigenvalue weighted by atomic mass is 35.5. The number of morpholine rings is 1. The minimum atomic E-state index is -0.152. The topological polar surface area (TPSA) is 53.6 Å². The van der Waals surface area contributed by atoms with Crippen LogP contribution < -0.4 is 15.5 Å². The maximum atomic E-state index is 12.6. The number of rotatable bonds is 6. The smallest absolute Gasteiger partial charge is 0.238 e. The number of hydrogen-bond donors (Lipinski definition) is 2. The Labute approximate surface area is 183 Å². The molecule has 1 saturated carbocycles. The highest BCUT2D eigenvalue weighted by Gasteiger charge is 2.33. The molecule has 1 saturated heterocycles. The zero-order valence-electron chi connectivity index (χ0n) is 17.3. The van der Waals surface area contributed by atoms with Gasteiger partial charge < -0.3 is 15.0 Å². The van der Waals surface area contributed by atoms with Crippen LogP contribution in [0.1, 0.15) is 37.7 Å². The molecule has 1 heterocycles. The first-order valence-electron chi connectivity index (χ1n) is 10.9. The second-order valence-electron chi connectivity index (χ2n) is 8.20. The molecule has 1 aliphatic heterocycles. The summed E-state index contributed by atoms with van der Waals surface area (Å²) in [6, 6.07) is 16.1. The van der Waals surface area contributed by atoms with Crippen molar-refractivity contribution in [2.45, 2.75) is 37.6 Å².